The second-order valence-corrected chi connectivity index (χ2v) is 7.45. The normalized spacial score (nSPS) is 11.6. The van der Waals surface area contributed by atoms with Gasteiger partial charge in [-0.2, -0.15) is 0 Å². The summed E-state index contributed by atoms with van der Waals surface area (Å²) < 4.78 is 5.33. The summed E-state index contributed by atoms with van der Waals surface area (Å²) in [6, 6.07) is 5.50. The number of amides is 1. The lowest BCUT2D eigenvalue weighted by molar-refractivity contribution is -0.122. The van der Waals surface area contributed by atoms with Gasteiger partial charge in [0.05, 0.1) is 13.7 Å². The van der Waals surface area contributed by atoms with Crippen LogP contribution in [-0.2, 0) is 11.3 Å². The maximum absolute atomic E-state index is 12.0. The zero-order chi connectivity index (χ0) is 18.2. The molecule has 5 nitrogen and oxygen atoms in total. The van der Waals surface area contributed by atoms with Crippen LogP contribution in [0.15, 0.2) is 18.2 Å². The summed E-state index contributed by atoms with van der Waals surface area (Å²) in [5.41, 5.74) is 1.08. The Balaban J connectivity index is 2.33. The van der Waals surface area contributed by atoms with Gasteiger partial charge in [0.2, 0.25) is 5.91 Å². The highest BCUT2D eigenvalue weighted by molar-refractivity contribution is 6.30. The van der Waals surface area contributed by atoms with Crippen molar-refractivity contribution in [1.29, 1.82) is 0 Å². The summed E-state index contributed by atoms with van der Waals surface area (Å²) in [6.07, 6.45) is 0.912. The standard InChI is InChI=1S/C18H30ClN3O2/c1-18(2,3)21-10-6-9-20-17(23)13-22(4)12-14-11-15(19)7-8-16(14)24-5/h7-8,11,21H,6,9-10,12-13H2,1-5H3,(H,20,23). The Labute approximate surface area is 150 Å². The summed E-state index contributed by atoms with van der Waals surface area (Å²) in [4.78, 5) is 13.9. The van der Waals surface area contributed by atoms with Gasteiger partial charge in [-0.1, -0.05) is 11.6 Å². The number of methoxy groups -OCH3 is 1. The third kappa shape index (κ3) is 8.52. The first-order chi connectivity index (χ1) is 11.2. The highest BCUT2D eigenvalue weighted by Gasteiger charge is 2.11. The molecule has 0 saturated carbocycles. The summed E-state index contributed by atoms with van der Waals surface area (Å²) in [5.74, 6) is 0.800. The van der Waals surface area contributed by atoms with E-state index in [1.54, 1.807) is 13.2 Å². The maximum atomic E-state index is 12.0. The van der Waals surface area contributed by atoms with E-state index in [0.29, 0.717) is 24.7 Å². The summed E-state index contributed by atoms with van der Waals surface area (Å²) in [5, 5.41) is 7.01. The van der Waals surface area contributed by atoms with Gasteiger partial charge in [0.15, 0.2) is 0 Å². The summed E-state index contributed by atoms with van der Waals surface area (Å²) in [6.45, 7) is 8.89. The molecule has 0 aliphatic heterocycles. The van der Waals surface area contributed by atoms with Crippen molar-refractivity contribution in [3.05, 3.63) is 28.8 Å². The molecule has 0 radical (unpaired) electrons. The van der Waals surface area contributed by atoms with Gasteiger partial charge in [-0.25, -0.2) is 0 Å². The van der Waals surface area contributed by atoms with E-state index in [2.05, 4.69) is 31.4 Å². The second-order valence-electron chi connectivity index (χ2n) is 7.01. The number of hydrogen-bond donors (Lipinski definition) is 2. The molecule has 0 atom stereocenters. The zero-order valence-corrected chi connectivity index (χ0v) is 16.2. The zero-order valence-electron chi connectivity index (χ0n) is 15.4. The Bertz CT molecular complexity index is 529. The van der Waals surface area contributed by atoms with E-state index in [0.717, 1.165) is 24.3 Å². The fraction of sp³-hybridized carbons (Fsp3) is 0.611. The number of carbonyl (C=O) groups is 1. The first-order valence-corrected chi connectivity index (χ1v) is 8.62. The molecule has 1 aromatic carbocycles. The van der Waals surface area contributed by atoms with Crippen molar-refractivity contribution < 1.29 is 9.53 Å². The lowest BCUT2D eigenvalue weighted by Crippen LogP contribution is -2.39. The highest BCUT2D eigenvalue weighted by Crippen LogP contribution is 2.23. The quantitative estimate of drug-likeness (QED) is 0.669. The van der Waals surface area contributed by atoms with Crippen molar-refractivity contribution in [2.45, 2.75) is 39.3 Å². The largest absolute Gasteiger partial charge is 0.496 e. The number of ether oxygens (including phenoxy) is 1. The lowest BCUT2D eigenvalue weighted by atomic mass is 10.1. The van der Waals surface area contributed by atoms with Gasteiger partial charge in [-0.05, 0) is 59.0 Å². The predicted octanol–water partition coefficient (Wildman–Crippen LogP) is 2.67. The number of nitrogens with one attached hydrogen (secondary N) is 2. The van der Waals surface area contributed by atoms with Crippen molar-refractivity contribution in [2.75, 3.05) is 33.8 Å². The van der Waals surface area contributed by atoms with Gasteiger partial charge in [0.1, 0.15) is 5.75 Å². The molecule has 0 unspecified atom stereocenters. The molecule has 0 fully saturated rings. The number of likely N-dealkylation sites (N-methyl/N-ethyl adjacent to an activating group) is 1. The summed E-state index contributed by atoms with van der Waals surface area (Å²) in [7, 11) is 3.53. The van der Waals surface area contributed by atoms with E-state index >= 15 is 0 Å². The lowest BCUT2D eigenvalue weighted by Gasteiger charge is -2.21. The number of rotatable bonds is 9. The molecular formula is C18H30ClN3O2. The van der Waals surface area contributed by atoms with E-state index in [4.69, 9.17) is 16.3 Å². The number of hydrogen-bond acceptors (Lipinski definition) is 4. The van der Waals surface area contributed by atoms with Crippen LogP contribution in [0.5, 0.6) is 5.75 Å². The van der Waals surface area contributed by atoms with Crippen LogP contribution in [0, 0.1) is 0 Å². The van der Waals surface area contributed by atoms with Gasteiger partial charge in [-0.3, -0.25) is 9.69 Å². The van der Waals surface area contributed by atoms with E-state index in [1.807, 2.05) is 24.1 Å². The Hall–Kier alpha value is -1.30. The Morgan fingerprint density at radius 2 is 2.00 bits per heavy atom. The van der Waals surface area contributed by atoms with E-state index < -0.39 is 0 Å². The minimum absolute atomic E-state index is 0.0225. The molecule has 0 heterocycles. The fourth-order valence-electron chi connectivity index (χ4n) is 2.30. The van der Waals surface area contributed by atoms with Crippen LogP contribution in [0.3, 0.4) is 0 Å². The molecule has 24 heavy (non-hydrogen) atoms. The predicted molar refractivity (Wildman–Crippen MR) is 99.7 cm³/mol. The third-order valence-corrected chi connectivity index (χ3v) is 3.66. The molecular weight excluding hydrogens is 326 g/mol. The van der Waals surface area contributed by atoms with E-state index in [-0.39, 0.29) is 11.4 Å². The van der Waals surface area contributed by atoms with Gasteiger partial charge in [0, 0.05) is 29.2 Å². The SMILES string of the molecule is COc1ccc(Cl)cc1CN(C)CC(=O)NCCCNC(C)(C)C. The highest BCUT2D eigenvalue weighted by atomic mass is 35.5. The molecule has 2 N–H and O–H groups in total. The van der Waals surface area contributed by atoms with Gasteiger partial charge in [-0.15, -0.1) is 0 Å². The number of halogens is 1. The van der Waals surface area contributed by atoms with Crippen molar-refractivity contribution in [3.8, 4) is 5.75 Å². The molecule has 0 aliphatic carbocycles. The van der Waals surface area contributed by atoms with Gasteiger partial charge < -0.3 is 15.4 Å². The molecule has 136 valence electrons. The average molecular weight is 356 g/mol. The smallest absolute Gasteiger partial charge is 0.234 e. The van der Waals surface area contributed by atoms with Crippen molar-refractivity contribution in [1.82, 2.24) is 15.5 Å². The average Bonchev–Trinajstić information content (AvgIpc) is 2.45. The summed E-state index contributed by atoms with van der Waals surface area (Å²) >= 11 is 6.03. The monoisotopic (exact) mass is 355 g/mol. The van der Waals surface area contributed by atoms with Gasteiger partial charge in [0.25, 0.3) is 0 Å². The fourth-order valence-corrected chi connectivity index (χ4v) is 2.49. The van der Waals surface area contributed by atoms with E-state index in [1.165, 1.54) is 0 Å². The molecule has 0 aromatic heterocycles. The minimum Gasteiger partial charge on any atom is -0.496 e. The number of nitrogens with zero attached hydrogens (tertiary/aromatic N) is 1. The van der Waals surface area contributed by atoms with Crippen molar-refractivity contribution in [2.24, 2.45) is 0 Å². The van der Waals surface area contributed by atoms with Crippen LogP contribution < -0.4 is 15.4 Å². The number of carbonyl (C=O) groups excluding carboxylic acids is 1. The maximum Gasteiger partial charge on any atom is 0.234 e. The van der Waals surface area contributed by atoms with Crippen molar-refractivity contribution in [3.63, 3.8) is 0 Å². The Morgan fingerprint density at radius 1 is 1.29 bits per heavy atom. The first-order valence-electron chi connectivity index (χ1n) is 8.24. The van der Waals surface area contributed by atoms with Crippen LogP contribution in [0.4, 0.5) is 0 Å². The van der Waals surface area contributed by atoms with Gasteiger partial charge >= 0.3 is 0 Å². The minimum atomic E-state index is 0.0225. The first kappa shape index (κ1) is 20.7. The third-order valence-electron chi connectivity index (χ3n) is 3.43. The van der Waals surface area contributed by atoms with E-state index in [9.17, 15) is 4.79 Å². The molecule has 0 aliphatic rings. The molecule has 1 amide bonds. The molecule has 0 saturated heterocycles. The molecule has 0 spiro atoms. The number of benzene rings is 1. The van der Waals surface area contributed by atoms with Crippen LogP contribution in [0.25, 0.3) is 0 Å². The van der Waals surface area contributed by atoms with Crippen LogP contribution in [0.2, 0.25) is 5.02 Å². The van der Waals surface area contributed by atoms with Crippen molar-refractivity contribution >= 4 is 17.5 Å². The Kier molecular flexibility index (Phi) is 8.53. The molecule has 1 rings (SSSR count). The van der Waals surface area contributed by atoms with Crippen LogP contribution >= 0.6 is 11.6 Å². The molecule has 6 heteroatoms. The Morgan fingerprint density at radius 3 is 2.62 bits per heavy atom. The molecule has 0 bridgehead atoms. The molecule has 1 aromatic rings. The topological polar surface area (TPSA) is 53.6 Å². The van der Waals surface area contributed by atoms with Crippen LogP contribution in [0.1, 0.15) is 32.8 Å². The van der Waals surface area contributed by atoms with Crippen LogP contribution in [-0.4, -0.2) is 50.1 Å². The second kappa shape index (κ2) is 9.87.